The third-order valence-corrected chi connectivity index (χ3v) is 6.81. The summed E-state index contributed by atoms with van der Waals surface area (Å²) in [6.45, 7) is 8.76. The van der Waals surface area contributed by atoms with Crippen LogP contribution in [0.15, 0.2) is 30.5 Å². The van der Waals surface area contributed by atoms with Gasteiger partial charge in [0.25, 0.3) is 5.91 Å². The molecule has 0 aliphatic carbocycles. The van der Waals surface area contributed by atoms with Crippen LogP contribution in [0.4, 0.5) is 4.39 Å². The van der Waals surface area contributed by atoms with Crippen molar-refractivity contribution in [1.29, 1.82) is 0 Å². The Morgan fingerprint density at radius 2 is 1.88 bits per heavy atom. The molecular formula is C23H30BFN2O5. The van der Waals surface area contributed by atoms with Crippen LogP contribution in [0, 0.1) is 5.82 Å². The highest BCUT2D eigenvalue weighted by atomic mass is 19.1. The summed E-state index contributed by atoms with van der Waals surface area (Å²) in [5.41, 5.74) is 1.51. The first kappa shape index (κ1) is 23.0. The first-order chi connectivity index (χ1) is 15.1. The van der Waals surface area contributed by atoms with Crippen molar-refractivity contribution in [2.24, 2.45) is 0 Å². The Balaban J connectivity index is 1.64. The predicted octanol–water partition coefficient (Wildman–Crippen LogP) is 2.09. The van der Waals surface area contributed by atoms with Gasteiger partial charge in [0.2, 0.25) is 0 Å². The van der Waals surface area contributed by atoms with Crippen LogP contribution in [0.25, 0.3) is 0 Å². The van der Waals surface area contributed by atoms with Crippen LogP contribution < -0.4 is 5.46 Å². The van der Waals surface area contributed by atoms with Gasteiger partial charge >= 0.3 is 7.12 Å². The monoisotopic (exact) mass is 444 g/mol. The van der Waals surface area contributed by atoms with Gasteiger partial charge in [-0.3, -0.25) is 4.79 Å². The Bertz CT molecular complexity index is 1010. The minimum Gasteiger partial charge on any atom is -0.399 e. The number of carbonyl (C=O) groups is 1. The lowest BCUT2D eigenvalue weighted by molar-refractivity contribution is 0.00578. The van der Waals surface area contributed by atoms with E-state index in [-0.39, 0.29) is 25.1 Å². The first-order valence-electron chi connectivity index (χ1n) is 10.8. The maximum atomic E-state index is 13.9. The van der Waals surface area contributed by atoms with Crippen molar-refractivity contribution in [2.75, 3.05) is 13.7 Å². The van der Waals surface area contributed by atoms with Crippen molar-refractivity contribution in [1.82, 2.24) is 9.47 Å². The molecule has 4 rings (SSSR count). The molecule has 1 fully saturated rings. The zero-order chi connectivity index (χ0) is 23.3. The number of amides is 1. The summed E-state index contributed by atoms with van der Waals surface area (Å²) in [5, 5.41) is 9.66. The number of methoxy groups -OCH3 is 1. The van der Waals surface area contributed by atoms with Gasteiger partial charge in [-0.1, -0.05) is 6.07 Å². The number of hydrogen-bond acceptors (Lipinski definition) is 5. The zero-order valence-corrected chi connectivity index (χ0v) is 19.2. The largest absolute Gasteiger partial charge is 0.496 e. The molecule has 1 saturated heterocycles. The Labute approximate surface area is 188 Å². The number of rotatable bonds is 6. The van der Waals surface area contributed by atoms with Crippen molar-refractivity contribution < 1.29 is 28.3 Å². The van der Waals surface area contributed by atoms with E-state index in [9.17, 15) is 14.3 Å². The summed E-state index contributed by atoms with van der Waals surface area (Å²) in [6.07, 6.45) is 1.90. The molecule has 1 unspecified atom stereocenters. The van der Waals surface area contributed by atoms with Crippen molar-refractivity contribution in [3.05, 3.63) is 53.1 Å². The second-order valence-electron chi connectivity index (χ2n) is 9.51. The van der Waals surface area contributed by atoms with Gasteiger partial charge < -0.3 is 28.6 Å². The highest BCUT2D eigenvalue weighted by Gasteiger charge is 2.52. The quantitative estimate of drug-likeness (QED) is 0.691. The van der Waals surface area contributed by atoms with E-state index in [1.165, 1.54) is 12.1 Å². The van der Waals surface area contributed by atoms with Gasteiger partial charge in [-0.25, -0.2) is 4.39 Å². The molecule has 9 heteroatoms. The van der Waals surface area contributed by atoms with Gasteiger partial charge in [0.05, 0.1) is 30.5 Å². The van der Waals surface area contributed by atoms with Gasteiger partial charge in [-0.15, -0.1) is 0 Å². The zero-order valence-electron chi connectivity index (χ0n) is 19.2. The molecule has 0 saturated carbocycles. The lowest BCUT2D eigenvalue weighted by Crippen LogP contribution is -2.49. The molecule has 1 N–H and O–H groups in total. The smallest absolute Gasteiger partial charge is 0.399 e. The summed E-state index contributed by atoms with van der Waals surface area (Å²) in [7, 11) is 1.02. The molecule has 0 spiro atoms. The van der Waals surface area contributed by atoms with Crippen LogP contribution in [-0.2, 0) is 33.7 Å². The molecule has 0 radical (unpaired) electrons. The summed E-state index contributed by atoms with van der Waals surface area (Å²) in [6, 6.07) is 5.78. The maximum Gasteiger partial charge on any atom is 0.496 e. The number of aliphatic hydroxyl groups is 1. The lowest BCUT2D eigenvalue weighted by atomic mass is 9.81. The molecular weight excluding hydrogens is 414 g/mol. The van der Waals surface area contributed by atoms with Crippen LogP contribution in [-0.4, -0.2) is 58.6 Å². The molecule has 0 bridgehead atoms. The highest BCUT2D eigenvalue weighted by Crippen LogP contribution is 2.36. The molecule has 172 valence electrons. The molecule has 2 aromatic rings. The van der Waals surface area contributed by atoms with E-state index in [2.05, 4.69) is 0 Å². The number of nitrogens with zero attached hydrogens (tertiary/aromatic N) is 2. The number of halogens is 1. The Morgan fingerprint density at radius 3 is 2.50 bits per heavy atom. The van der Waals surface area contributed by atoms with Crippen molar-refractivity contribution in [3.8, 4) is 0 Å². The van der Waals surface area contributed by atoms with Gasteiger partial charge in [-0.2, -0.15) is 0 Å². The van der Waals surface area contributed by atoms with Gasteiger partial charge in [0.15, 0.2) is 0 Å². The number of aliphatic hydroxyl groups excluding tert-OH is 1. The number of carbonyl (C=O) groups excluding carboxylic acids is 1. The standard InChI is InChI=1S/C23H30BFN2O5/c1-22(2)23(3,4)32-24(31-22)17-9-20-21(29)27(19(14-30-5)12-26(20)11-17)10-16-8-18(25)7-6-15(16)13-28/h6-9,11,19,28H,10,12-14H2,1-5H3. The van der Waals surface area contributed by atoms with E-state index in [0.717, 1.165) is 5.46 Å². The lowest BCUT2D eigenvalue weighted by Gasteiger charge is -2.36. The normalized spacial score (nSPS) is 21.8. The topological polar surface area (TPSA) is 73.2 Å². The average molecular weight is 444 g/mol. The van der Waals surface area contributed by atoms with E-state index in [0.29, 0.717) is 30.0 Å². The Hall–Kier alpha value is -2.20. The van der Waals surface area contributed by atoms with Crippen LogP contribution in [0.5, 0.6) is 0 Å². The highest BCUT2D eigenvalue weighted by molar-refractivity contribution is 6.62. The van der Waals surface area contributed by atoms with Gasteiger partial charge in [-0.05, 0) is 57.0 Å². The third kappa shape index (κ3) is 3.98. The number of benzene rings is 1. The van der Waals surface area contributed by atoms with Crippen LogP contribution in [0.3, 0.4) is 0 Å². The fourth-order valence-electron chi connectivity index (χ4n) is 4.23. The van der Waals surface area contributed by atoms with Crippen LogP contribution in [0.1, 0.15) is 49.3 Å². The fourth-order valence-corrected chi connectivity index (χ4v) is 4.23. The summed E-state index contributed by atoms with van der Waals surface area (Å²) in [4.78, 5) is 15.2. The van der Waals surface area contributed by atoms with E-state index >= 15 is 0 Å². The SMILES string of the molecule is COCC1Cn2cc(B3OC(C)(C)C(C)(C)O3)cc2C(=O)N1Cc1cc(F)ccc1CO. The summed E-state index contributed by atoms with van der Waals surface area (Å²) >= 11 is 0. The number of fused-ring (bicyclic) bond motifs is 1. The molecule has 32 heavy (non-hydrogen) atoms. The summed E-state index contributed by atoms with van der Waals surface area (Å²) < 4.78 is 33.5. The maximum absolute atomic E-state index is 13.9. The molecule has 2 aliphatic heterocycles. The van der Waals surface area contributed by atoms with E-state index in [1.54, 1.807) is 24.1 Å². The number of aromatic nitrogens is 1. The van der Waals surface area contributed by atoms with Gasteiger partial charge in [0.1, 0.15) is 11.5 Å². The number of ether oxygens (including phenoxy) is 1. The molecule has 7 nitrogen and oxygen atoms in total. The summed E-state index contributed by atoms with van der Waals surface area (Å²) in [5.74, 6) is -0.592. The van der Waals surface area contributed by atoms with Crippen molar-refractivity contribution >= 4 is 18.5 Å². The molecule has 3 heterocycles. The second kappa shape index (κ2) is 8.30. The second-order valence-corrected chi connectivity index (χ2v) is 9.51. The fraction of sp³-hybridized carbons (Fsp3) is 0.522. The van der Waals surface area contributed by atoms with Crippen molar-refractivity contribution in [3.63, 3.8) is 0 Å². The van der Waals surface area contributed by atoms with E-state index in [4.69, 9.17) is 14.0 Å². The van der Waals surface area contributed by atoms with Crippen LogP contribution in [0.2, 0.25) is 0 Å². The number of hydrogen-bond donors (Lipinski definition) is 1. The molecule has 1 aromatic carbocycles. The average Bonchev–Trinajstić information content (AvgIpc) is 3.23. The van der Waals surface area contributed by atoms with Gasteiger partial charge in [0, 0.05) is 31.9 Å². The molecule has 1 atom stereocenters. The molecule has 1 aromatic heterocycles. The Morgan fingerprint density at radius 1 is 1.19 bits per heavy atom. The minimum atomic E-state index is -0.565. The minimum absolute atomic E-state index is 0.178. The van der Waals surface area contributed by atoms with Crippen LogP contribution >= 0.6 is 0 Å². The predicted molar refractivity (Wildman–Crippen MR) is 118 cm³/mol. The van der Waals surface area contributed by atoms with E-state index in [1.807, 2.05) is 38.5 Å². The van der Waals surface area contributed by atoms with E-state index < -0.39 is 24.1 Å². The Kier molecular flexibility index (Phi) is 5.96. The van der Waals surface area contributed by atoms with Crippen molar-refractivity contribution in [2.45, 2.75) is 64.6 Å². The molecule has 1 amide bonds. The first-order valence-corrected chi connectivity index (χ1v) is 10.8. The molecule has 2 aliphatic rings. The third-order valence-electron chi connectivity index (χ3n) is 6.81.